The van der Waals surface area contributed by atoms with E-state index in [9.17, 15) is 5.11 Å². The van der Waals surface area contributed by atoms with E-state index in [0.29, 0.717) is 26.6 Å². The van der Waals surface area contributed by atoms with Crippen molar-refractivity contribution >= 4 is 33.2 Å². The number of aromatic hydroxyl groups is 1. The minimum Gasteiger partial charge on any atom is -0.492 e. The highest BCUT2D eigenvalue weighted by Gasteiger charge is 2.11. The predicted octanol–water partition coefficient (Wildman–Crippen LogP) is 3.11. The third-order valence-corrected chi connectivity index (χ3v) is 3.50. The molecule has 84 valence electrons. The Morgan fingerprint density at radius 1 is 1.24 bits per heavy atom. The van der Waals surface area contributed by atoms with Gasteiger partial charge in [0.1, 0.15) is 4.70 Å². The Morgan fingerprint density at radius 3 is 2.94 bits per heavy atom. The van der Waals surface area contributed by atoms with E-state index in [1.54, 1.807) is 12.3 Å². The summed E-state index contributed by atoms with van der Waals surface area (Å²) in [7, 11) is 0. The van der Waals surface area contributed by atoms with Gasteiger partial charge in [0.15, 0.2) is 5.82 Å². The normalized spacial score (nSPS) is 10.9. The number of pyridine rings is 1. The molecule has 4 nitrogen and oxygen atoms in total. The molecule has 0 atom stereocenters. The highest BCUT2D eigenvalue weighted by atomic mass is 35.5. The fraction of sp³-hybridized carbons (Fsp3) is 0. The molecule has 0 aliphatic rings. The summed E-state index contributed by atoms with van der Waals surface area (Å²) >= 11 is 7.42. The summed E-state index contributed by atoms with van der Waals surface area (Å²) in [6.07, 6.45) is 3.13. The molecule has 0 spiro atoms. The molecular weight excluding hydrogens is 258 g/mol. The van der Waals surface area contributed by atoms with E-state index >= 15 is 0 Å². The van der Waals surface area contributed by atoms with E-state index in [1.807, 2.05) is 11.4 Å². The molecule has 3 heterocycles. The molecule has 0 radical (unpaired) electrons. The van der Waals surface area contributed by atoms with Crippen molar-refractivity contribution in [2.24, 2.45) is 0 Å². The van der Waals surface area contributed by atoms with Gasteiger partial charge in [-0.05, 0) is 17.5 Å². The zero-order valence-electron chi connectivity index (χ0n) is 8.46. The molecule has 0 amide bonds. The fourth-order valence-corrected chi connectivity index (χ4v) is 2.45. The summed E-state index contributed by atoms with van der Waals surface area (Å²) in [4.78, 5) is 12.3. The number of fused-ring (bicyclic) bond motifs is 1. The molecule has 0 aromatic carbocycles. The van der Waals surface area contributed by atoms with E-state index in [0.717, 1.165) is 0 Å². The zero-order chi connectivity index (χ0) is 11.8. The average Bonchev–Trinajstić information content (AvgIpc) is 2.78. The first kappa shape index (κ1) is 10.4. The number of hydrogen-bond donors (Lipinski definition) is 1. The van der Waals surface area contributed by atoms with E-state index in [4.69, 9.17) is 11.6 Å². The quantitative estimate of drug-likeness (QED) is 0.733. The molecule has 3 aromatic heterocycles. The van der Waals surface area contributed by atoms with Gasteiger partial charge in [-0.15, -0.1) is 11.3 Å². The van der Waals surface area contributed by atoms with Gasteiger partial charge in [0.25, 0.3) is 0 Å². The molecule has 0 unspecified atom stereocenters. The van der Waals surface area contributed by atoms with Crippen molar-refractivity contribution in [2.75, 3.05) is 0 Å². The molecule has 0 fully saturated rings. The minimum atomic E-state index is -0.0205. The third-order valence-electron chi connectivity index (χ3n) is 2.30. The van der Waals surface area contributed by atoms with Crippen LogP contribution in [0.4, 0.5) is 0 Å². The molecule has 0 saturated heterocycles. The lowest BCUT2D eigenvalue weighted by molar-refractivity contribution is 0.461. The van der Waals surface area contributed by atoms with Gasteiger partial charge in [-0.2, -0.15) is 4.98 Å². The van der Waals surface area contributed by atoms with Crippen LogP contribution in [-0.2, 0) is 0 Å². The van der Waals surface area contributed by atoms with Gasteiger partial charge < -0.3 is 5.11 Å². The second kappa shape index (κ2) is 3.94. The van der Waals surface area contributed by atoms with Crippen LogP contribution in [0.5, 0.6) is 5.88 Å². The molecule has 3 rings (SSSR count). The van der Waals surface area contributed by atoms with Crippen LogP contribution in [0.15, 0.2) is 29.9 Å². The van der Waals surface area contributed by atoms with Crippen molar-refractivity contribution in [1.29, 1.82) is 0 Å². The van der Waals surface area contributed by atoms with E-state index in [2.05, 4.69) is 15.0 Å². The first-order chi connectivity index (χ1) is 8.25. The van der Waals surface area contributed by atoms with Crippen LogP contribution in [-0.4, -0.2) is 20.1 Å². The number of thiophene rings is 1. The summed E-state index contributed by atoms with van der Waals surface area (Å²) in [6, 6.07) is 3.55. The molecular formula is C11H6ClN3OS. The van der Waals surface area contributed by atoms with Crippen LogP contribution in [0.1, 0.15) is 0 Å². The molecule has 1 N–H and O–H groups in total. The first-order valence-electron chi connectivity index (χ1n) is 4.80. The predicted molar refractivity (Wildman–Crippen MR) is 67.3 cm³/mol. The Hall–Kier alpha value is -1.72. The van der Waals surface area contributed by atoms with Crippen LogP contribution in [0.25, 0.3) is 21.6 Å². The van der Waals surface area contributed by atoms with E-state index in [1.165, 1.54) is 17.5 Å². The average molecular weight is 264 g/mol. The number of rotatable bonds is 1. The molecule has 6 heteroatoms. The lowest BCUT2D eigenvalue weighted by Crippen LogP contribution is -1.90. The standard InChI is InChI=1S/C11H6ClN3OS/c12-7-5-13-3-1-6(7)10-14-8-2-4-17-9(8)11(16)15-10/h1-5H,(H,14,15,16). The van der Waals surface area contributed by atoms with Crippen molar-refractivity contribution in [2.45, 2.75) is 0 Å². The Balaban J connectivity index is 2.28. The van der Waals surface area contributed by atoms with Gasteiger partial charge in [-0.1, -0.05) is 11.6 Å². The van der Waals surface area contributed by atoms with Gasteiger partial charge in [0.2, 0.25) is 5.88 Å². The fourth-order valence-electron chi connectivity index (χ4n) is 1.53. The van der Waals surface area contributed by atoms with Gasteiger partial charge >= 0.3 is 0 Å². The van der Waals surface area contributed by atoms with Crippen molar-refractivity contribution in [3.63, 3.8) is 0 Å². The summed E-state index contributed by atoms with van der Waals surface area (Å²) in [6.45, 7) is 0. The Kier molecular flexibility index (Phi) is 2.42. The summed E-state index contributed by atoms with van der Waals surface area (Å²) in [5, 5.41) is 12.1. The van der Waals surface area contributed by atoms with Crippen molar-refractivity contribution in [3.05, 3.63) is 34.9 Å². The number of halogens is 1. The first-order valence-corrected chi connectivity index (χ1v) is 6.05. The highest BCUT2D eigenvalue weighted by Crippen LogP contribution is 2.31. The van der Waals surface area contributed by atoms with E-state index in [-0.39, 0.29) is 5.88 Å². The maximum absolute atomic E-state index is 9.79. The minimum absolute atomic E-state index is 0.0205. The maximum Gasteiger partial charge on any atom is 0.232 e. The van der Waals surface area contributed by atoms with Crippen LogP contribution >= 0.6 is 22.9 Å². The lowest BCUT2D eigenvalue weighted by Gasteiger charge is -2.03. The molecule has 17 heavy (non-hydrogen) atoms. The molecule has 0 saturated carbocycles. The highest BCUT2D eigenvalue weighted by molar-refractivity contribution is 7.17. The Labute approximate surface area is 106 Å². The molecule has 3 aromatic rings. The number of nitrogens with zero attached hydrogens (tertiary/aromatic N) is 3. The maximum atomic E-state index is 9.79. The Morgan fingerprint density at radius 2 is 2.12 bits per heavy atom. The third kappa shape index (κ3) is 1.73. The van der Waals surface area contributed by atoms with Crippen LogP contribution in [0.3, 0.4) is 0 Å². The summed E-state index contributed by atoms with van der Waals surface area (Å²) < 4.78 is 0.680. The van der Waals surface area contributed by atoms with Crippen LogP contribution < -0.4 is 0 Å². The SMILES string of the molecule is Oc1nc(-c2ccncc2Cl)nc2ccsc12. The largest absolute Gasteiger partial charge is 0.492 e. The second-order valence-corrected chi connectivity index (χ2v) is 4.68. The van der Waals surface area contributed by atoms with Gasteiger partial charge in [0.05, 0.1) is 10.5 Å². The Bertz CT molecular complexity index is 698. The molecule has 0 bridgehead atoms. The van der Waals surface area contributed by atoms with Crippen molar-refractivity contribution in [1.82, 2.24) is 15.0 Å². The van der Waals surface area contributed by atoms with Crippen LogP contribution in [0, 0.1) is 0 Å². The number of aromatic nitrogens is 3. The van der Waals surface area contributed by atoms with Gasteiger partial charge in [0, 0.05) is 18.0 Å². The summed E-state index contributed by atoms with van der Waals surface area (Å²) in [5.41, 5.74) is 1.37. The molecule has 0 aliphatic carbocycles. The molecule has 0 aliphatic heterocycles. The summed E-state index contributed by atoms with van der Waals surface area (Å²) in [5.74, 6) is 0.383. The topological polar surface area (TPSA) is 58.9 Å². The van der Waals surface area contributed by atoms with E-state index < -0.39 is 0 Å². The second-order valence-electron chi connectivity index (χ2n) is 3.36. The van der Waals surface area contributed by atoms with Crippen LogP contribution in [0.2, 0.25) is 5.02 Å². The van der Waals surface area contributed by atoms with Gasteiger partial charge in [-0.25, -0.2) is 4.98 Å². The zero-order valence-corrected chi connectivity index (χ0v) is 10.0. The van der Waals surface area contributed by atoms with Gasteiger partial charge in [-0.3, -0.25) is 4.98 Å². The monoisotopic (exact) mass is 263 g/mol. The van der Waals surface area contributed by atoms with Crippen molar-refractivity contribution < 1.29 is 5.11 Å². The smallest absolute Gasteiger partial charge is 0.232 e. The number of hydrogen-bond acceptors (Lipinski definition) is 5. The van der Waals surface area contributed by atoms with Crippen molar-refractivity contribution in [3.8, 4) is 17.3 Å². The lowest BCUT2D eigenvalue weighted by atomic mass is 10.2.